The molecule has 1 heterocycles. The monoisotopic (exact) mass is 271 g/mol. The number of carbonyl (C=O) groups excluding carboxylic acids is 2. The van der Waals surface area contributed by atoms with Gasteiger partial charge in [0.05, 0.1) is 18.1 Å². The van der Waals surface area contributed by atoms with Crippen LogP contribution in [0.5, 0.6) is 0 Å². The quantitative estimate of drug-likeness (QED) is 0.804. The van der Waals surface area contributed by atoms with Crippen molar-refractivity contribution in [3.63, 3.8) is 0 Å². The molecule has 0 aromatic heterocycles. The van der Waals surface area contributed by atoms with Crippen LogP contribution in [-0.2, 0) is 9.53 Å². The van der Waals surface area contributed by atoms with Crippen LogP contribution in [0, 0.1) is 11.8 Å². The van der Waals surface area contributed by atoms with E-state index in [1.165, 1.54) is 4.90 Å². The van der Waals surface area contributed by atoms with E-state index < -0.39 is 18.1 Å². The average molecular weight is 271 g/mol. The summed E-state index contributed by atoms with van der Waals surface area (Å²) in [6, 6.07) is -0.221. The zero-order chi connectivity index (χ0) is 14.6. The predicted molar refractivity (Wildman–Crippen MR) is 71.5 cm³/mol. The molecule has 1 aliphatic heterocycles. The van der Waals surface area contributed by atoms with Crippen LogP contribution in [0.2, 0.25) is 0 Å². The van der Waals surface area contributed by atoms with Crippen molar-refractivity contribution in [1.82, 2.24) is 4.90 Å². The van der Waals surface area contributed by atoms with Crippen molar-refractivity contribution in [2.24, 2.45) is 11.8 Å². The van der Waals surface area contributed by atoms with E-state index in [9.17, 15) is 14.7 Å². The van der Waals surface area contributed by atoms with E-state index in [4.69, 9.17) is 4.74 Å². The van der Waals surface area contributed by atoms with E-state index in [0.29, 0.717) is 6.42 Å². The SMILES string of the molecule is CCCC[C@@H](O)[C@H](C)C(=O)N1C(=O)OC[C@@H]1C(C)C. The summed E-state index contributed by atoms with van der Waals surface area (Å²) in [7, 11) is 0. The Morgan fingerprint density at radius 1 is 1.47 bits per heavy atom. The fraction of sp³-hybridized carbons (Fsp3) is 0.857. The number of rotatable bonds is 6. The second kappa shape index (κ2) is 6.89. The Hall–Kier alpha value is -1.10. The first-order valence-electron chi connectivity index (χ1n) is 7.08. The molecule has 0 aliphatic carbocycles. The number of amides is 2. The van der Waals surface area contributed by atoms with Crippen molar-refractivity contribution in [3.8, 4) is 0 Å². The van der Waals surface area contributed by atoms with Gasteiger partial charge in [-0.05, 0) is 12.3 Å². The van der Waals surface area contributed by atoms with Crippen LogP contribution >= 0.6 is 0 Å². The minimum absolute atomic E-state index is 0.149. The van der Waals surface area contributed by atoms with Crippen molar-refractivity contribution in [2.75, 3.05) is 6.61 Å². The molecule has 3 atom stereocenters. The lowest BCUT2D eigenvalue weighted by Crippen LogP contribution is -2.46. The summed E-state index contributed by atoms with van der Waals surface area (Å²) in [6.45, 7) is 7.85. The lowest BCUT2D eigenvalue weighted by Gasteiger charge is -2.27. The molecule has 0 saturated carbocycles. The Bertz CT molecular complexity index is 329. The number of hydrogen-bond acceptors (Lipinski definition) is 4. The van der Waals surface area contributed by atoms with Crippen LogP contribution in [0.4, 0.5) is 4.79 Å². The number of carbonyl (C=O) groups is 2. The van der Waals surface area contributed by atoms with Crippen LogP contribution < -0.4 is 0 Å². The Morgan fingerprint density at radius 2 is 2.11 bits per heavy atom. The molecule has 1 aliphatic rings. The molecule has 0 spiro atoms. The number of hydrogen-bond donors (Lipinski definition) is 1. The number of nitrogens with zero attached hydrogens (tertiary/aromatic N) is 1. The highest BCUT2D eigenvalue weighted by Crippen LogP contribution is 2.23. The topological polar surface area (TPSA) is 66.8 Å². The van der Waals surface area contributed by atoms with Crippen LogP contribution in [-0.4, -0.2) is 40.8 Å². The Morgan fingerprint density at radius 3 is 2.63 bits per heavy atom. The molecule has 5 nitrogen and oxygen atoms in total. The van der Waals surface area contributed by atoms with E-state index in [1.54, 1.807) is 6.92 Å². The van der Waals surface area contributed by atoms with Gasteiger partial charge in [0.15, 0.2) is 0 Å². The first-order chi connectivity index (χ1) is 8.90. The van der Waals surface area contributed by atoms with Crippen LogP contribution in [0.25, 0.3) is 0 Å². The highest BCUT2D eigenvalue weighted by molar-refractivity contribution is 5.94. The zero-order valence-corrected chi connectivity index (χ0v) is 12.3. The minimum atomic E-state index is -0.700. The Kier molecular flexibility index (Phi) is 5.79. The molecular weight excluding hydrogens is 246 g/mol. The molecule has 0 aromatic carbocycles. The summed E-state index contributed by atoms with van der Waals surface area (Å²) in [5.41, 5.74) is 0. The number of unbranched alkanes of at least 4 members (excludes halogenated alkanes) is 1. The third-order valence-electron chi connectivity index (χ3n) is 3.73. The first kappa shape index (κ1) is 16.0. The Labute approximate surface area is 114 Å². The van der Waals surface area contributed by atoms with E-state index in [2.05, 4.69) is 0 Å². The van der Waals surface area contributed by atoms with E-state index in [0.717, 1.165) is 12.8 Å². The molecule has 110 valence electrons. The fourth-order valence-electron chi connectivity index (χ4n) is 2.23. The third-order valence-corrected chi connectivity index (χ3v) is 3.73. The summed E-state index contributed by atoms with van der Waals surface area (Å²) in [5.74, 6) is -0.751. The van der Waals surface area contributed by atoms with Gasteiger partial charge >= 0.3 is 6.09 Å². The van der Waals surface area contributed by atoms with Crippen molar-refractivity contribution in [2.45, 2.75) is 59.1 Å². The first-order valence-corrected chi connectivity index (χ1v) is 7.08. The maximum absolute atomic E-state index is 12.3. The second-order valence-corrected chi connectivity index (χ2v) is 5.59. The molecular formula is C14H25NO4. The van der Waals surface area contributed by atoms with Crippen LogP contribution in [0.1, 0.15) is 47.0 Å². The molecule has 1 saturated heterocycles. The number of cyclic esters (lactones) is 1. The summed E-state index contributed by atoms with van der Waals surface area (Å²) < 4.78 is 4.96. The number of aliphatic hydroxyl groups excluding tert-OH is 1. The summed E-state index contributed by atoms with van der Waals surface area (Å²) in [5, 5.41) is 9.99. The second-order valence-electron chi connectivity index (χ2n) is 5.59. The van der Waals surface area contributed by atoms with Gasteiger partial charge in [-0.3, -0.25) is 4.79 Å². The maximum Gasteiger partial charge on any atom is 0.416 e. The van der Waals surface area contributed by atoms with Crippen molar-refractivity contribution < 1.29 is 19.4 Å². The molecule has 1 fully saturated rings. The van der Waals surface area contributed by atoms with E-state index >= 15 is 0 Å². The lowest BCUT2D eigenvalue weighted by molar-refractivity contribution is -0.137. The number of imide groups is 1. The van der Waals surface area contributed by atoms with Gasteiger partial charge < -0.3 is 9.84 Å². The lowest BCUT2D eigenvalue weighted by atomic mass is 9.96. The molecule has 5 heteroatoms. The van der Waals surface area contributed by atoms with Gasteiger partial charge in [-0.15, -0.1) is 0 Å². The van der Waals surface area contributed by atoms with E-state index in [1.807, 2.05) is 20.8 Å². The predicted octanol–water partition coefficient (Wildman–Crippen LogP) is 2.18. The van der Waals surface area contributed by atoms with Gasteiger partial charge in [0.1, 0.15) is 6.61 Å². The number of ether oxygens (including phenoxy) is 1. The Balaban J connectivity index is 2.71. The van der Waals surface area contributed by atoms with Crippen molar-refractivity contribution in [3.05, 3.63) is 0 Å². The van der Waals surface area contributed by atoms with Gasteiger partial charge in [-0.25, -0.2) is 9.69 Å². The molecule has 1 rings (SSSR count). The summed E-state index contributed by atoms with van der Waals surface area (Å²) >= 11 is 0. The molecule has 0 radical (unpaired) electrons. The van der Waals surface area contributed by atoms with Gasteiger partial charge in [-0.1, -0.05) is 40.5 Å². The third kappa shape index (κ3) is 3.69. The van der Waals surface area contributed by atoms with Crippen LogP contribution in [0.15, 0.2) is 0 Å². The van der Waals surface area contributed by atoms with Crippen molar-refractivity contribution >= 4 is 12.0 Å². The average Bonchev–Trinajstić information content (AvgIpc) is 2.76. The van der Waals surface area contributed by atoms with Gasteiger partial charge in [0.2, 0.25) is 5.91 Å². The number of aliphatic hydroxyl groups is 1. The molecule has 2 amide bonds. The molecule has 0 unspecified atom stereocenters. The molecule has 0 bridgehead atoms. The van der Waals surface area contributed by atoms with Gasteiger partial charge in [-0.2, -0.15) is 0 Å². The minimum Gasteiger partial charge on any atom is -0.447 e. The fourth-order valence-corrected chi connectivity index (χ4v) is 2.23. The van der Waals surface area contributed by atoms with Crippen molar-refractivity contribution in [1.29, 1.82) is 0 Å². The maximum atomic E-state index is 12.3. The molecule has 19 heavy (non-hydrogen) atoms. The largest absolute Gasteiger partial charge is 0.447 e. The standard InChI is InChI=1S/C14H25NO4/c1-5-6-7-12(16)10(4)13(17)15-11(9(2)3)8-19-14(15)18/h9-12,16H,5-8H2,1-4H3/t10-,11+,12+/m0/s1. The summed E-state index contributed by atoms with van der Waals surface area (Å²) in [4.78, 5) is 25.2. The molecule has 1 N–H and O–H groups in total. The highest BCUT2D eigenvalue weighted by Gasteiger charge is 2.42. The molecule has 0 aromatic rings. The zero-order valence-electron chi connectivity index (χ0n) is 12.3. The van der Waals surface area contributed by atoms with E-state index in [-0.39, 0.29) is 24.5 Å². The van der Waals surface area contributed by atoms with Crippen LogP contribution in [0.3, 0.4) is 0 Å². The van der Waals surface area contributed by atoms with Gasteiger partial charge in [0, 0.05) is 0 Å². The smallest absolute Gasteiger partial charge is 0.416 e. The normalized spacial score (nSPS) is 22.5. The van der Waals surface area contributed by atoms with Gasteiger partial charge in [0.25, 0.3) is 0 Å². The summed E-state index contributed by atoms with van der Waals surface area (Å²) in [6.07, 6.45) is 1.14. The highest BCUT2D eigenvalue weighted by atomic mass is 16.6.